The topological polar surface area (TPSA) is 63.7 Å². The molecule has 4 aliphatic rings. The van der Waals surface area contributed by atoms with E-state index in [0.717, 1.165) is 19.3 Å². The van der Waals surface area contributed by atoms with Crippen LogP contribution >= 0.6 is 0 Å². The number of rotatable bonds is 2. The zero-order valence-electron chi connectivity index (χ0n) is 20.2. The van der Waals surface area contributed by atoms with E-state index in [-0.39, 0.29) is 34.8 Å². The van der Waals surface area contributed by atoms with E-state index in [0.29, 0.717) is 11.1 Å². The van der Waals surface area contributed by atoms with Crippen molar-refractivity contribution in [3.05, 3.63) is 59.7 Å². The van der Waals surface area contributed by atoms with Crippen LogP contribution in [-0.2, 0) is 9.53 Å². The lowest BCUT2D eigenvalue weighted by Gasteiger charge is -2.63. The summed E-state index contributed by atoms with van der Waals surface area (Å²) in [6, 6.07) is 6.25. The number of carbonyl (C=O) groups is 3. The van der Waals surface area contributed by atoms with Gasteiger partial charge in [0.1, 0.15) is 11.4 Å². The van der Waals surface area contributed by atoms with Gasteiger partial charge in [0.05, 0.1) is 28.7 Å². The Kier molecular flexibility index (Phi) is 4.56. The molecule has 2 fully saturated rings. The predicted molar refractivity (Wildman–Crippen MR) is 126 cm³/mol. The fraction of sp³-hybridized carbons (Fsp3) is 0.536. The second-order valence-corrected chi connectivity index (χ2v) is 11.6. The fourth-order valence-electron chi connectivity index (χ4n) is 7.47. The number of hydrogen-bond acceptors (Lipinski definition) is 4. The summed E-state index contributed by atoms with van der Waals surface area (Å²) in [5.74, 6) is -0.974. The summed E-state index contributed by atoms with van der Waals surface area (Å²) in [5, 5.41) is 0. The zero-order chi connectivity index (χ0) is 24.0. The SMILES string of the molecule is C=C[C@@]1(C)CC(=O)[C@H]2[C@](C)(O1)[C@H](N1C(=O)c3ccccc3C1=O)C=C1C(C)(C)CCC[C@@]12C. The number of amides is 2. The minimum atomic E-state index is -1.06. The summed E-state index contributed by atoms with van der Waals surface area (Å²) in [7, 11) is 0. The molecule has 5 atom stereocenters. The first-order valence-electron chi connectivity index (χ1n) is 11.9. The van der Waals surface area contributed by atoms with E-state index in [4.69, 9.17) is 4.74 Å². The quantitative estimate of drug-likeness (QED) is 0.466. The number of nitrogens with zero attached hydrogens (tertiary/aromatic N) is 1. The Morgan fingerprint density at radius 3 is 2.18 bits per heavy atom. The highest BCUT2D eigenvalue weighted by Crippen LogP contribution is 2.63. The molecule has 0 radical (unpaired) electrons. The normalized spacial score (nSPS) is 39.5. The molecule has 1 aromatic carbocycles. The predicted octanol–water partition coefficient (Wildman–Crippen LogP) is 5.12. The number of imide groups is 1. The number of allylic oxidation sites excluding steroid dienone is 1. The Labute approximate surface area is 195 Å². The lowest BCUT2D eigenvalue weighted by atomic mass is 9.47. The molecule has 0 spiro atoms. The number of benzene rings is 1. The van der Waals surface area contributed by atoms with Crippen molar-refractivity contribution in [2.24, 2.45) is 16.7 Å². The van der Waals surface area contributed by atoms with Crippen LogP contribution in [0.5, 0.6) is 0 Å². The number of carbonyl (C=O) groups excluding carboxylic acids is 3. The third-order valence-electron chi connectivity index (χ3n) is 8.80. The Bertz CT molecular complexity index is 1100. The van der Waals surface area contributed by atoms with Crippen LogP contribution in [0.15, 0.2) is 48.6 Å². The van der Waals surface area contributed by atoms with Crippen LogP contribution in [0, 0.1) is 16.7 Å². The number of Topliss-reactive ketones (excluding diaryl/α,β-unsaturated/α-hetero) is 1. The van der Waals surface area contributed by atoms with Gasteiger partial charge in [0.2, 0.25) is 0 Å². The molecule has 5 heteroatoms. The van der Waals surface area contributed by atoms with Gasteiger partial charge in [0.25, 0.3) is 11.8 Å². The minimum Gasteiger partial charge on any atom is -0.361 e. The fourth-order valence-corrected chi connectivity index (χ4v) is 7.47. The van der Waals surface area contributed by atoms with Gasteiger partial charge in [0.15, 0.2) is 0 Å². The van der Waals surface area contributed by atoms with E-state index in [2.05, 4.69) is 33.4 Å². The van der Waals surface area contributed by atoms with Gasteiger partial charge >= 0.3 is 0 Å². The molecule has 0 unspecified atom stereocenters. The smallest absolute Gasteiger partial charge is 0.262 e. The Balaban J connectivity index is 1.75. The van der Waals surface area contributed by atoms with Gasteiger partial charge in [-0.1, -0.05) is 57.0 Å². The monoisotopic (exact) mass is 447 g/mol. The van der Waals surface area contributed by atoms with Crippen molar-refractivity contribution < 1.29 is 19.1 Å². The van der Waals surface area contributed by atoms with Crippen LogP contribution in [0.4, 0.5) is 0 Å². The molecule has 0 aromatic heterocycles. The maximum atomic E-state index is 13.9. The van der Waals surface area contributed by atoms with Gasteiger partial charge in [-0.15, -0.1) is 6.58 Å². The molecule has 1 aromatic rings. The first-order valence-corrected chi connectivity index (χ1v) is 11.9. The third kappa shape index (κ3) is 2.84. The molecule has 2 aliphatic heterocycles. The maximum Gasteiger partial charge on any atom is 0.262 e. The van der Waals surface area contributed by atoms with E-state index >= 15 is 0 Å². The second kappa shape index (κ2) is 6.75. The average molecular weight is 448 g/mol. The highest BCUT2D eigenvalue weighted by atomic mass is 16.5. The molecule has 5 nitrogen and oxygen atoms in total. The van der Waals surface area contributed by atoms with Crippen LogP contribution in [0.2, 0.25) is 0 Å². The van der Waals surface area contributed by atoms with Gasteiger partial charge in [-0.2, -0.15) is 0 Å². The first kappa shape index (κ1) is 22.3. The van der Waals surface area contributed by atoms with Crippen molar-refractivity contribution in [1.29, 1.82) is 0 Å². The largest absolute Gasteiger partial charge is 0.361 e. The second-order valence-electron chi connectivity index (χ2n) is 11.6. The molecule has 0 N–H and O–H groups in total. The number of hydrogen-bond donors (Lipinski definition) is 0. The van der Waals surface area contributed by atoms with Crippen LogP contribution < -0.4 is 0 Å². The van der Waals surface area contributed by atoms with Gasteiger partial charge in [0, 0.05) is 11.8 Å². The van der Waals surface area contributed by atoms with Crippen molar-refractivity contribution in [3.8, 4) is 0 Å². The molecule has 0 bridgehead atoms. The molecule has 174 valence electrons. The summed E-state index contributed by atoms with van der Waals surface area (Å²) in [5.41, 5.74) is -0.445. The molecule has 2 heterocycles. The van der Waals surface area contributed by atoms with E-state index in [1.165, 1.54) is 10.5 Å². The first-order chi connectivity index (χ1) is 15.4. The standard InChI is InChI=1S/C28H33NO4/c1-7-26(4)16-19(30)22-27(5)14-10-13-25(2,3)20(27)15-21(28(22,6)33-26)29-23(31)17-11-8-9-12-18(17)24(29)32/h7-9,11-12,15,21-22H,1,10,13-14,16H2,2-6H3/t21-,22-,26+,27+,28-/m1/s1. The molecule has 2 amide bonds. The lowest BCUT2D eigenvalue weighted by Crippen LogP contribution is -2.70. The number of ether oxygens (including phenoxy) is 1. The Hall–Kier alpha value is -2.53. The molecular formula is C28H33NO4. The third-order valence-corrected chi connectivity index (χ3v) is 8.80. The maximum absolute atomic E-state index is 13.9. The average Bonchev–Trinajstić information content (AvgIpc) is 2.97. The van der Waals surface area contributed by atoms with Crippen LogP contribution in [0.25, 0.3) is 0 Å². The van der Waals surface area contributed by atoms with Crippen molar-refractivity contribution in [2.75, 3.05) is 0 Å². The van der Waals surface area contributed by atoms with Crippen molar-refractivity contribution in [3.63, 3.8) is 0 Å². The van der Waals surface area contributed by atoms with Crippen molar-refractivity contribution in [2.45, 2.75) is 77.5 Å². The molecule has 1 saturated carbocycles. The lowest BCUT2D eigenvalue weighted by molar-refractivity contribution is -0.218. The van der Waals surface area contributed by atoms with E-state index < -0.39 is 23.2 Å². The van der Waals surface area contributed by atoms with Gasteiger partial charge in [-0.05, 0) is 44.2 Å². The summed E-state index contributed by atoms with van der Waals surface area (Å²) in [6.45, 7) is 14.3. The summed E-state index contributed by atoms with van der Waals surface area (Å²) >= 11 is 0. The number of ketones is 1. The minimum absolute atomic E-state index is 0.124. The summed E-state index contributed by atoms with van der Waals surface area (Å²) < 4.78 is 6.76. The van der Waals surface area contributed by atoms with Crippen LogP contribution in [0.1, 0.15) is 81.0 Å². The molecular weight excluding hydrogens is 414 g/mol. The summed E-state index contributed by atoms with van der Waals surface area (Å²) in [6.07, 6.45) is 6.94. The van der Waals surface area contributed by atoms with Crippen molar-refractivity contribution in [1.82, 2.24) is 4.90 Å². The highest BCUT2D eigenvalue weighted by Gasteiger charge is 2.67. The van der Waals surface area contributed by atoms with Crippen molar-refractivity contribution >= 4 is 17.6 Å². The number of fused-ring (bicyclic) bond motifs is 4. The zero-order valence-corrected chi connectivity index (χ0v) is 20.2. The summed E-state index contributed by atoms with van der Waals surface area (Å²) in [4.78, 5) is 42.3. The van der Waals surface area contributed by atoms with Gasteiger partial charge in [-0.25, -0.2) is 0 Å². The van der Waals surface area contributed by atoms with E-state index in [9.17, 15) is 14.4 Å². The van der Waals surface area contributed by atoms with Gasteiger partial charge in [-0.3, -0.25) is 19.3 Å². The van der Waals surface area contributed by atoms with Crippen LogP contribution in [0.3, 0.4) is 0 Å². The molecule has 1 saturated heterocycles. The highest BCUT2D eigenvalue weighted by molar-refractivity contribution is 6.21. The van der Waals surface area contributed by atoms with E-state index in [1.807, 2.05) is 13.8 Å². The Morgan fingerprint density at radius 2 is 1.61 bits per heavy atom. The molecule has 2 aliphatic carbocycles. The molecule has 5 rings (SSSR count). The molecule has 33 heavy (non-hydrogen) atoms. The Morgan fingerprint density at radius 1 is 1.00 bits per heavy atom. The van der Waals surface area contributed by atoms with Gasteiger partial charge < -0.3 is 4.74 Å². The van der Waals surface area contributed by atoms with Crippen LogP contribution in [-0.4, -0.2) is 39.7 Å². The van der Waals surface area contributed by atoms with E-state index in [1.54, 1.807) is 30.3 Å².